The molecule has 1 rings (SSSR count). The molecule has 0 bridgehead atoms. The molecule has 0 N–H and O–H groups in total. The van der Waals surface area contributed by atoms with Gasteiger partial charge in [0.15, 0.2) is 5.69 Å². The molecule has 0 spiro atoms. The van der Waals surface area contributed by atoms with Crippen LogP contribution in [0.4, 0.5) is 0 Å². The van der Waals surface area contributed by atoms with Gasteiger partial charge in [-0.1, -0.05) is 6.92 Å². The summed E-state index contributed by atoms with van der Waals surface area (Å²) in [6.45, 7) is 1.96. The molecule has 12 heavy (non-hydrogen) atoms. The van der Waals surface area contributed by atoms with Crippen LogP contribution in [0.15, 0.2) is 0 Å². The Morgan fingerprint density at radius 1 is 1.75 bits per heavy atom. The van der Waals surface area contributed by atoms with Crippen LogP contribution < -0.4 is 4.78 Å². The summed E-state index contributed by atoms with van der Waals surface area (Å²) in [6.07, 6.45) is 0.784. The van der Waals surface area contributed by atoms with Gasteiger partial charge < -0.3 is 4.74 Å². The molecule has 1 heterocycles. The van der Waals surface area contributed by atoms with E-state index in [0.717, 1.165) is 11.4 Å². The van der Waals surface area contributed by atoms with Gasteiger partial charge in [0.25, 0.3) is 0 Å². The summed E-state index contributed by atoms with van der Waals surface area (Å²) in [6, 6.07) is 0. The minimum absolute atomic E-state index is 0.236. The number of hydrogen-bond donors (Lipinski definition) is 0. The van der Waals surface area contributed by atoms with Crippen LogP contribution in [-0.4, -0.2) is 25.9 Å². The second-order valence-corrected chi connectivity index (χ2v) is 3.28. The third-order valence-corrected chi connectivity index (χ3v) is 2.41. The lowest BCUT2D eigenvalue weighted by Crippen LogP contribution is -2.13. The summed E-state index contributed by atoms with van der Waals surface area (Å²) in [5.41, 5.74) is 0.236. The minimum Gasteiger partial charge on any atom is -0.464 e. The summed E-state index contributed by atoms with van der Waals surface area (Å²) in [5, 5.41) is 0.855. The Morgan fingerprint density at radius 2 is 2.42 bits per heavy atom. The van der Waals surface area contributed by atoms with E-state index in [9.17, 15) is 4.79 Å². The zero-order chi connectivity index (χ0) is 9.14. The molecule has 0 fully saturated rings. The maximum atomic E-state index is 11.0. The summed E-state index contributed by atoms with van der Waals surface area (Å²) >= 11 is 1.32. The van der Waals surface area contributed by atoms with Gasteiger partial charge in [0.2, 0.25) is 0 Å². The predicted molar refractivity (Wildman–Crippen MR) is 48.2 cm³/mol. The van der Waals surface area contributed by atoms with Gasteiger partial charge in [-0.15, -0.1) is 11.3 Å². The standard InChI is InChI=1S/C7H8BNO2S/c1-3-4-9-5(6(8)12-4)7(10)11-2/h3H2,1-2H3. The molecule has 0 saturated carbocycles. The summed E-state index contributed by atoms with van der Waals surface area (Å²) < 4.78 is 4.93. The molecule has 1 aromatic rings. The van der Waals surface area contributed by atoms with Crippen LogP contribution in [0.2, 0.25) is 0 Å². The number of aromatic nitrogens is 1. The van der Waals surface area contributed by atoms with Gasteiger partial charge in [0.1, 0.15) is 7.85 Å². The molecule has 3 nitrogen and oxygen atoms in total. The molecule has 0 aliphatic carbocycles. The second-order valence-electron chi connectivity index (χ2n) is 2.17. The fraction of sp³-hybridized carbons (Fsp3) is 0.429. The van der Waals surface area contributed by atoms with Gasteiger partial charge in [-0.2, -0.15) is 0 Å². The smallest absolute Gasteiger partial charge is 0.356 e. The first-order valence-electron chi connectivity index (χ1n) is 3.52. The lowest BCUT2D eigenvalue weighted by Gasteiger charge is -1.93. The minimum atomic E-state index is -0.469. The van der Waals surface area contributed by atoms with Crippen molar-refractivity contribution >= 4 is 29.9 Å². The maximum absolute atomic E-state index is 11.0. The highest BCUT2D eigenvalue weighted by molar-refractivity contribution is 7.20. The van der Waals surface area contributed by atoms with Crippen molar-refractivity contribution in [3.05, 3.63) is 10.7 Å². The molecule has 0 atom stereocenters. The van der Waals surface area contributed by atoms with E-state index >= 15 is 0 Å². The molecule has 0 aromatic carbocycles. The van der Waals surface area contributed by atoms with Crippen LogP contribution in [0.1, 0.15) is 22.4 Å². The van der Waals surface area contributed by atoms with E-state index in [-0.39, 0.29) is 5.69 Å². The Labute approximate surface area is 76.2 Å². The number of hydrogen-bond acceptors (Lipinski definition) is 4. The van der Waals surface area contributed by atoms with Crippen LogP contribution in [0, 0.1) is 0 Å². The fourth-order valence-electron chi connectivity index (χ4n) is 0.772. The van der Waals surface area contributed by atoms with Gasteiger partial charge in [-0.25, -0.2) is 9.78 Å². The first-order chi connectivity index (χ1) is 5.69. The van der Waals surface area contributed by atoms with E-state index in [1.54, 1.807) is 0 Å². The Balaban J connectivity index is 2.99. The fourth-order valence-corrected chi connectivity index (χ4v) is 1.53. The number of esters is 1. The number of ether oxygens (including phenoxy) is 1. The predicted octanol–water partition coefficient (Wildman–Crippen LogP) is 0.286. The van der Waals surface area contributed by atoms with Crippen molar-refractivity contribution in [2.45, 2.75) is 13.3 Å². The van der Waals surface area contributed by atoms with E-state index < -0.39 is 5.97 Å². The summed E-state index contributed by atoms with van der Waals surface area (Å²) in [4.78, 5) is 15.0. The van der Waals surface area contributed by atoms with E-state index in [1.165, 1.54) is 18.4 Å². The summed E-state index contributed by atoms with van der Waals surface area (Å²) in [7, 11) is 6.86. The van der Waals surface area contributed by atoms with Crippen LogP contribution in [0.3, 0.4) is 0 Å². The highest BCUT2D eigenvalue weighted by Gasteiger charge is 2.13. The Morgan fingerprint density at radius 3 is 2.83 bits per heavy atom. The number of nitrogens with zero attached hydrogens (tertiary/aromatic N) is 1. The van der Waals surface area contributed by atoms with Gasteiger partial charge in [0, 0.05) is 0 Å². The number of carbonyl (C=O) groups excluding carboxylic acids is 1. The number of methoxy groups -OCH3 is 1. The molecule has 0 unspecified atom stereocenters. The lowest BCUT2D eigenvalue weighted by molar-refractivity contribution is 0.0596. The highest BCUT2D eigenvalue weighted by atomic mass is 32.1. The first kappa shape index (κ1) is 9.25. The Hall–Kier alpha value is -0.835. The van der Waals surface area contributed by atoms with Crippen LogP contribution >= 0.6 is 11.3 Å². The summed E-state index contributed by atoms with van der Waals surface area (Å²) in [5.74, 6) is -0.469. The SMILES string of the molecule is [B]c1sc(CC)nc1C(=O)OC. The van der Waals surface area contributed by atoms with E-state index in [4.69, 9.17) is 7.85 Å². The zero-order valence-corrected chi connectivity index (χ0v) is 7.77. The van der Waals surface area contributed by atoms with Gasteiger partial charge in [-0.3, -0.25) is 0 Å². The molecule has 2 radical (unpaired) electrons. The number of aryl methyl sites for hydroxylation is 1. The quantitative estimate of drug-likeness (QED) is 0.486. The monoisotopic (exact) mass is 181 g/mol. The topological polar surface area (TPSA) is 39.2 Å². The third-order valence-electron chi connectivity index (χ3n) is 1.38. The van der Waals surface area contributed by atoms with Crippen LogP contribution in [0.25, 0.3) is 0 Å². The number of carbonyl (C=O) groups is 1. The van der Waals surface area contributed by atoms with Crippen LogP contribution in [-0.2, 0) is 11.2 Å². The number of thiazole rings is 1. The second kappa shape index (κ2) is 3.71. The van der Waals surface area contributed by atoms with Gasteiger partial charge in [-0.05, 0) is 11.2 Å². The lowest BCUT2D eigenvalue weighted by atomic mass is 10.1. The van der Waals surface area contributed by atoms with E-state index in [1.807, 2.05) is 6.92 Å². The van der Waals surface area contributed by atoms with Crippen molar-refractivity contribution in [2.24, 2.45) is 0 Å². The van der Waals surface area contributed by atoms with Crippen LogP contribution in [0.5, 0.6) is 0 Å². The first-order valence-corrected chi connectivity index (χ1v) is 4.34. The third kappa shape index (κ3) is 1.66. The van der Waals surface area contributed by atoms with Crippen molar-refractivity contribution in [1.29, 1.82) is 0 Å². The Bertz CT molecular complexity index is 298. The molecule has 0 saturated heterocycles. The normalized spacial score (nSPS) is 9.83. The molecule has 62 valence electrons. The van der Waals surface area contributed by atoms with Gasteiger partial charge >= 0.3 is 5.97 Å². The van der Waals surface area contributed by atoms with E-state index in [2.05, 4.69) is 9.72 Å². The van der Waals surface area contributed by atoms with Crippen molar-refractivity contribution in [3.8, 4) is 0 Å². The molecule has 1 aromatic heterocycles. The maximum Gasteiger partial charge on any atom is 0.356 e. The van der Waals surface area contributed by atoms with E-state index in [0.29, 0.717) is 4.78 Å². The zero-order valence-electron chi connectivity index (χ0n) is 6.96. The van der Waals surface area contributed by atoms with Crippen molar-refractivity contribution in [3.63, 3.8) is 0 Å². The Kier molecular flexibility index (Phi) is 2.86. The van der Waals surface area contributed by atoms with Crippen molar-refractivity contribution in [2.75, 3.05) is 7.11 Å². The van der Waals surface area contributed by atoms with Crippen molar-refractivity contribution < 1.29 is 9.53 Å². The molecule has 0 aliphatic rings. The average molecular weight is 181 g/mol. The molecular weight excluding hydrogens is 173 g/mol. The molecule has 0 aliphatic heterocycles. The largest absolute Gasteiger partial charge is 0.464 e. The van der Waals surface area contributed by atoms with Gasteiger partial charge in [0.05, 0.1) is 12.1 Å². The molecule has 0 amide bonds. The highest BCUT2D eigenvalue weighted by Crippen LogP contribution is 2.07. The molecular formula is C7H8BNO2S. The average Bonchev–Trinajstić information content (AvgIpc) is 2.45. The number of rotatable bonds is 2. The van der Waals surface area contributed by atoms with Crippen molar-refractivity contribution in [1.82, 2.24) is 4.98 Å². The molecule has 5 heteroatoms.